The molecule has 0 amide bonds. The molecule has 3 unspecified atom stereocenters. The second-order valence-electron chi connectivity index (χ2n) is 14.7. The van der Waals surface area contributed by atoms with Crippen molar-refractivity contribution in [1.29, 1.82) is 0 Å². The van der Waals surface area contributed by atoms with Gasteiger partial charge in [0.2, 0.25) is 0 Å². The molecule has 3 N–H and O–H groups in total. The quantitative estimate of drug-likeness (QED) is 0.0955. The molecule has 0 saturated heterocycles. The van der Waals surface area contributed by atoms with Gasteiger partial charge in [-0.1, -0.05) is 105 Å². The van der Waals surface area contributed by atoms with Crippen molar-refractivity contribution in [3.8, 4) is 0 Å². The highest BCUT2D eigenvalue weighted by Crippen LogP contribution is 2.07. The van der Waals surface area contributed by atoms with Gasteiger partial charge in [-0.05, 0) is 66.0 Å². The highest BCUT2D eigenvalue weighted by molar-refractivity contribution is 4.83. The van der Waals surface area contributed by atoms with Gasteiger partial charge in [0.15, 0.2) is 0 Å². The van der Waals surface area contributed by atoms with Crippen LogP contribution >= 0.6 is 0 Å². The molecule has 0 radical (unpaired) electrons. The van der Waals surface area contributed by atoms with Crippen LogP contribution in [0, 0.1) is 0 Å². The summed E-state index contributed by atoms with van der Waals surface area (Å²) in [5.41, 5.74) is -2.55. The summed E-state index contributed by atoms with van der Waals surface area (Å²) in [4.78, 5) is 47.4. The summed E-state index contributed by atoms with van der Waals surface area (Å²) in [5.74, 6) is 0. The fourth-order valence-electron chi connectivity index (χ4n) is 6.59. The number of likely N-dealkylation sites (N-methyl/N-ethyl adjacent to an activating group) is 2. The van der Waals surface area contributed by atoms with Gasteiger partial charge < -0.3 is 30.0 Å². The van der Waals surface area contributed by atoms with Crippen LogP contribution in [0.2, 0.25) is 0 Å². The first-order valence-corrected chi connectivity index (χ1v) is 20.1. The lowest BCUT2D eigenvalue weighted by Crippen LogP contribution is -2.58. The monoisotopic (exact) mass is 713 g/mol. The largest absolute Gasteiger partial charge is 0.390 e. The van der Waals surface area contributed by atoms with Gasteiger partial charge in [0.05, 0.1) is 37.9 Å². The van der Waals surface area contributed by atoms with Gasteiger partial charge in [-0.25, -0.2) is 28.1 Å². The molecule has 1 aromatic heterocycles. The van der Waals surface area contributed by atoms with Crippen molar-refractivity contribution < 1.29 is 15.3 Å². The molecular weight excluding hydrogens is 636 g/mol. The third-order valence-electron chi connectivity index (χ3n) is 9.52. The summed E-state index contributed by atoms with van der Waals surface area (Å²) in [5, 5.41) is 33.3. The Morgan fingerprint density at radius 1 is 0.440 bits per heavy atom. The summed E-state index contributed by atoms with van der Waals surface area (Å²) < 4.78 is 2.72. The fourth-order valence-corrected chi connectivity index (χ4v) is 6.59. The van der Waals surface area contributed by atoms with Gasteiger partial charge in [-0.3, -0.25) is 0 Å². The molecule has 50 heavy (non-hydrogen) atoms. The molecule has 12 nitrogen and oxygen atoms in total. The zero-order chi connectivity index (χ0) is 37.3. The summed E-state index contributed by atoms with van der Waals surface area (Å²) >= 11 is 0. The molecule has 12 heteroatoms. The molecule has 1 rings (SSSR count). The average molecular weight is 713 g/mol. The van der Waals surface area contributed by atoms with Crippen molar-refractivity contribution in [1.82, 2.24) is 28.4 Å². The van der Waals surface area contributed by atoms with E-state index in [4.69, 9.17) is 0 Å². The highest BCUT2D eigenvalue weighted by atomic mass is 16.3. The normalized spacial score (nSPS) is 13.9. The van der Waals surface area contributed by atoms with E-state index in [2.05, 4.69) is 32.6 Å². The van der Waals surface area contributed by atoms with E-state index in [-0.39, 0.29) is 32.7 Å². The topological polar surface area (TPSA) is 136 Å². The number of unbranched alkanes of at least 4 members (excludes halogenated alkanes) is 12. The smallest absolute Gasteiger partial charge is 0.336 e. The Morgan fingerprint density at radius 3 is 1.02 bits per heavy atom. The van der Waals surface area contributed by atoms with E-state index < -0.39 is 35.4 Å². The Hall–Kier alpha value is -1.83. The first-order valence-electron chi connectivity index (χ1n) is 20.1. The summed E-state index contributed by atoms with van der Waals surface area (Å²) in [6.45, 7) is 11.9. The number of aromatic nitrogens is 3. The van der Waals surface area contributed by atoms with Crippen LogP contribution in [0.1, 0.15) is 130 Å². The predicted molar refractivity (Wildman–Crippen MR) is 205 cm³/mol. The lowest BCUT2D eigenvalue weighted by Gasteiger charge is -2.26. The number of nitrogens with zero attached hydrogens (tertiary/aromatic N) is 6. The number of hydrogen-bond acceptors (Lipinski definition) is 9. The maximum Gasteiger partial charge on any atom is 0.336 e. The molecule has 3 atom stereocenters. The zero-order valence-electron chi connectivity index (χ0n) is 32.9. The van der Waals surface area contributed by atoms with Crippen molar-refractivity contribution in [2.75, 3.05) is 59.9 Å². The highest BCUT2D eigenvalue weighted by Gasteiger charge is 2.23. The Labute approximate surface area is 303 Å². The molecule has 0 saturated carbocycles. The molecule has 0 spiro atoms. The van der Waals surface area contributed by atoms with Gasteiger partial charge in [0.25, 0.3) is 0 Å². The third-order valence-corrected chi connectivity index (χ3v) is 9.52. The summed E-state index contributed by atoms with van der Waals surface area (Å²) in [6, 6.07) is 0. The molecule has 0 aliphatic carbocycles. The predicted octanol–water partition coefficient (Wildman–Crippen LogP) is 3.74. The maximum atomic E-state index is 13.8. The molecule has 0 fully saturated rings. The van der Waals surface area contributed by atoms with E-state index in [0.29, 0.717) is 6.54 Å². The molecule has 1 aromatic rings. The summed E-state index contributed by atoms with van der Waals surface area (Å²) in [6.07, 6.45) is 14.5. The van der Waals surface area contributed by atoms with Crippen LogP contribution in [0.15, 0.2) is 14.4 Å². The molecular formula is C38H76N6O6. The number of hydrogen-bond donors (Lipinski definition) is 3. The van der Waals surface area contributed by atoms with Crippen molar-refractivity contribution in [3.05, 3.63) is 31.5 Å². The SMILES string of the molecule is CCCCCCN(C)CC(O)Cn1c(=O)n(CC(O)CN(C)CCCCCC)c(=O)n(CC(O)CN(CCCCCC)CCCCCC)c1=O. The molecule has 0 aliphatic rings. The first kappa shape index (κ1) is 46.2. The average Bonchev–Trinajstić information content (AvgIpc) is 3.07. The minimum absolute atomic E-state index is 0.260. The standard InChI is InChI=1S/C38H76N6O6/c1-7-11-15-19-23-39(5)27-33(45)30-42-36(48)43(31-34(46)28-40(6)24-20-16-12-8-2)38(50)44(37(42)49)32-35(47)29-41(25-21-17-13-9-3)26-22-18-14-10-4/h33-35,45-47H,7-32H2,1-6H3. The van der Waals surface area contributed by atoms with E-state index >= 15 is 0 Å². The van der Waals surface area contributed by atoms with Gasteiger partial charge in [0.1, 0.15) is 0 Å². The third kappa shape index (κ3) is 19.1. The fraction of sp³-hybridized carbons (Fsp3) is 0.921. The Bertz CT molecular complexity index is 1090. The molecule has 0 bridgehead atoms. The van der Waals surface area contributed by atoms with Crippen LogP contribution in [0.3, 0.4) is 0 Å². The Kier molecular flexibility index (Phi) is 25.7. The van der Waals surface area contributed by atoms with E-state index in [9.17, 15) is 29.7 Å². The molecule has 0 aliphatic heterocycles. The van der Waals surface area contributed by atoms with Crippen molar-refractivity contribution in [2.45, 2.75) is 168 Å². The van der Waals surface area contributed by atoms with E-state index in [1.54, 1.807) is 0 Å². The van der Waals surface area contributed by atoms with E-state index in [1.165, 1.54) is 0 Å². The van der Waals surface area contributed by atoms with Gasteiger partial charge in [-0.2, -0.15) is 0 Å². The summed E-state index contributed by atoms with van der Waals surface area (Å²) in [7, 11) is 3.80. The molecule has 1 heterocycles. The lowest BCUT2D eigenvalue weighted by molar-refractivity contribution is 0.0848. The Morgan fingerprint density at radius 2 is 0.720 bits per heavy atom. The van der Waals surface area contributed by atoms with E-state index in [0.717, 1.165) is 143 Å². The second kappa shape index (κ2) is 27.8. The van der Waals surface area contributed by atoms with Crippen LogP contribution in [0.5, 0.6) is 0 Å². The Balaban J connectivity index is 3.29. The first-order chi connectivity index (χ1) is 24.0. The van der Waals surface area contributed by atoms with Gasteiger partial charge in [0, 0.05) is 19.6 Å². The zero-order valence-corrected chi connectivity index (χ0v) is 32.9. The van der Waals surface area contributed by atoms with Crippen molar-refractivity contribution in [3.63, 3.8) is 0 Å². The van der Waals surface area contributed by atoms with Gasteiger partial charge >= 0.3 is 17.1 Å². The number of rotatable bonds is 32. The van der Waals surface area contributed by atoms with E-state index in [1.807, 2.05) is 23.9 Å². The lowest BCUT2D eigenvalue weighted by atomic mass is 10.1. The number of aliphatic hydroxyl groups is 3. The minimum Gasteiger partial charge on any atom is -0.390 e. The maximum absolute atomic E-state index is 13.8. The van der Waals surface area contributed by atoms with Crippen LogP contribution in [0.25, 0.3) is 0 Å². The van der Waals surface area contributed by atoms with Crippen LogP contribution in [0.4, 0.5) is 0 Å². The van der Waals surface area contributed by atoms with Crippen LogP contribution in [-0.2, 0) is 19.6 Å². The molecule has 0 aromatic carbocycles. The van der Waals surface area contributed by atoms with Crippen molar-refractivity contribution in [2.24, 2.45) is 0 Å². The molecule has 294 valence electrons. The van der Waals surface area contributed by atoms with Crippen LogP contribution in [-0.4, -0.2) is 122 Å². The second-order valence-corrected chi connectivity index (χ2v) is 14.7. The minimum atomic E-state index is -1.03. The van der Waals surface area contributed by atoms with Crippen molar-refractivity contribution >= 4 is 0 Å². The number of aliphatic hydroxyl groups excluding tert-OH is 3. The van der Waals surface area contributed by atoms with Crippen LogP contribution < -0.4 is 17.1 Å². The van der Waals surface area contributed by atoms with Gasteiger partial charge in [-0.15, -0.1) is 0 Å².